The lowest BCUT2D eigenvalue weighted by Gasteiger charge is -2.18. The zero-order valence-corrected chi connectivity index (χ0v) is 10.6. The van der Waals surface area contributed by atoms with E-state index in [0.717, 1.165) is 18.2 Å². The third kappa shape index (κ3) is 2.82. The van der Waals surface area contributed by atoms with Crippen molar-refractivity contribution < 1.29 is 22.7 Å². The van der Waals surface area contributed by atoms with E-state index in [1.807, 2.05) is 0 Å². The summed E-state index contributed by atoms with van der Waals surface area (Å²) in [5.74, 6) is -0.736. The van der Waals surface area contributed by atoms with E-state index in [2.05, 4.69) is 0 Å². The second-order valence-corrected chi connectivity index (χ2v) is 4.51. The fourth-order valence-electron chi connectivity index (χ4n) is 2.03. The standard InChI is InChI=1S/C15H12F4O/c1-9-6-7-13(16)11(8-9)14(20)10-4-2-3-5-12(10)15(17,18)19/h2-8,14,20H,1H3. The maximum absolute atomic E-state index is 13.7. The lowest BCUT2D eigenvalue weighted by Crippen LogP contribution is -2.13. The monoisotopic (exact) mass is 284 g/mol. The Morgan fingerprint density at radius 2 is 1.65 bits per heavy atom. The van der Waals surface area contributed by atoms with E-state index in [1.54, 1.807) is 6.92 Å². The SMILES string of the molecule is Cc1ccc(F)c(C(O)c2ccccc2C(F)(F)F)c1. The highest BCUT2D eigenvalue weighted by atomic mass is 19.4. The highest BCUT2D eigenvalue weighted by molar-refractivity contribution is 5.39. The molecule has 0 aromatic heterocycles. The van der Waals surface area contributed by atoms with Crippen LogP contribution in [0.25, 0.3) is 0 Å². The molecule has 0 aliphatic rings. The Morgan fingerprint density at radius 3 is 2.30 bits per heavy atom. The minimum atomic E-state index is -4.60. The molecule has 2 aromatic carbocycles. The van der Waals surface area contributed by atoms with Crippen LogP contribution in [0.15, 0.2) is 42.5 Å². The number of rotatable bonds is 2. The van der Waals surface area contributed by atoms with Gasteiger partial charge < -0.3 is 5.11 Å². The van der Waals surface area contributed by atoms with Gasteiger partial charge in [-0.2, -0.15) is 13.2 Å². The topological polar surface area (TPSA) is 20.2 Å². The van der Waals surface area contributed by atoms with Crippen LogP contribution in [0, 0.1) is 12.7 Å². The van der Waals surface area contributed by atoms with Gasteiger partial charge in [-0.1, -0.05) is 35.9 Å². The molecule has 0 amide bonds. The molecule has 1 atom stereocenters. The van der Waals surface area contributed by atoms with Gasteiger partial charge in [0.15, 0.2) is 0 Å². The molecule has 0 spiro atoms. The molecule has 2 aromatic rings. The van der Waals surface area contributed by atoms with Crippen molar-refractivity contribution in [3.8, 4) is 0 Å². The minimum Gasteiger partial charge on any atom is -0.384 e. The van der Waals surface area contributed by atoms with Gasteiger partial charge in [0.2, 0.25) is 0 Å². The van der Waals surface area contributed by atoms with E-state index in [9.17, 15) is 22.7 Å². The van der Waals surface area contributed by atoms with Crippen molar-refractivity contribution >= 4 is 0 Å². The lowest BCUT2D eigenvalue weighted by molar-refractivity contribution is -0.139. The quantitative estimate of drug-likeness (QED) is 0.818. The highest BCUT2D eigenvalue weighted by Gasteiger charge is 2.35. The van der Waals surface area contributed by atoms with Gasteiger partial charge in [0.05, 0.1) is 5.56 Å². The van der Waals surface area contributed by atoms with Crippen molar-refractivity contribution in [1.82, 2.24) is 0 Å². The molecule has 0 fully saturated rings. The molecule has 0 heterocycles. The van der Waals surface area contributed by atoms with E-state index in [4.69, 9.17) is 0 Å². The molecule has 1 unspecified atom stereocenters. The van der Waals surface area contributed by atoms with E-state index in [-0.39, 0.29) is 11.1 Å². The van der Waals surface area contributed by atoms with Gasteiger partial charge in [-0.3, -0.25) is 0 Å². The van der Waals surface area contributed by atoms with Gasteiger partial charge in [-0.05, 0) is 24.6 Å². The number of hydrogen-bond acceptors (Lipinski definition) is 1. The van der Waals surface area contributed by atoms with Gasteiger partial charge in [0.1, 0.15) is 11.9 Å². The predicted octanol–water partition coefficient (Wildman–Crippen LogP) is 4.23. The summed E-state index contributed by atoms with van der Waals surface area (Å²) in [6, 6.07) is 8.58. The van der Waals surface area contributed by atoms with Crippen LogP contribution in [0.2, 0.25) is 0 Å². The number of alkyl halides is 3. The fourth-order valence-corrected chi connectivity index (χ4v) is 2.03. The molecule has 106 valence electrons. The van der Waals surface area contributed by atoms with E-state index < -0.39 is 23.7 Å². The molecule has 20 heavy (non-hydrogen) atoms. The van der Waals surface area contributed by atoms with Gasteiger partial charge in [-0.15, -0.1) is 0 Å². The molecule has 0 bridgehead atoms. The molecular formula is C15H12F4O. The number of aliphatic hydroxyl groups excluding tert-OH is 1. The van der Waals surface area contributed by atoms with Crippen LogP contribution in [-0.4, -0.2) is 5.11 Å². The first-order valence-corrected chi connectivity index (χ1v) is 5.91. The third-order valence-corrected chi connectivity index (χ3v) is 3.01. The molecule has 1 nitrogen and oxygen atoms in total. The first-order chi connectivity index (χ1) is 9.30. The molecule has 0 saturated carbocycles. The van der Waals surface area contributed by atoms with Gasteiger partial charge in [-0.25, -0.2) is 4.39 Å². The van der Waals surface area contributed by atoms with Crippen LogP contribution in [0.3, 0.4) is 0 Å². The molecule has 0 aliphatic heterocycles. The first-order valence-electron chi connectivity index (χ1n) is 5.91. The smallest absolute Gasteiger partial charge is 0.384 e. The maximum atomic E-state index is 13.7. The van der Waals surface area contributed by atoms with Gasteiger partial charge in [0, 0.05) is 5.56 Å². The van der Waals surface area contributed by atoms with E-state index in [0.29, 0.717) is 5.56 Å². The van der Waals surface area contributed by atoms with Crippen LogP contribution < -0.4 is 0 Å². The lowest BCUT2D eigenvalue weighted by atomic mass is 9.95. The Labute approximate surface area is 113 Å². The molecule has 2 rings (SSSR count). The number of aryl methyl sites for hydroxylation is 1. The Bertz CT molecular complexity index is 620. The van der Waals surface area contributed by atoms with Crippen LogP contribution in [0.4, 0.5) is 17.6 Å². The Morgan fingerprint density at radius 1 is 1.00 bits per heavy atom. The zero-order valence-electron chi connectivity index (χ0n) is 10.6. The van der Waals surface area contributed by atoms with Crippen molar-refractivity contribution in [2.45, 2.75) is 19.2 Å². The van der Waals surface area contributed by atoms with Crippen molar-refractivity contribution in [3.63, 3.8) is 0 Å². The molecule has 0 saturated heterocycles. The number of halogens is 4. The summed E-state index contributed by atoms with van der Waals surface area (Å²) < 4.78 is 52.4. The highest BCUT2D eigenvalue weighted by Crippen LogP contribution is 2.37. The molecular weight excluding hydrogens is 272 g/mol. The first kappa shape index (κ1) is 14.5. The Hall–Kier alpha value is -1.88. The van der Waals surface area contributed by atoms with Gasteiger partial charge >= 0.3 is 6.18 Å². The summed E-state index contributed by atoms with van der Waals surface area (Å²) in [5.41, 5.74) is -0.829. The van der Waals surface area contributed by atoms with E-state index >= 15 is 0 Å². The van der Waals surface area contributed by atoms with Crippen molar-refractivity contribution in [1.29, 1.82) is 0 Å². The summed E-state index contributed by atoms with van der Waals surface area (Å²) in [6.07, 6.45) is -6.26. The van der Waals surface area contributed by atoms with Crippen LogP contribution in [0.5, 0.6) is 0 Å². The summed E-state index contributed by atoms with van der Waals surface area (Å²) >= 11 is 0. The molecule has 5 heteroatoms. The Balaban J connectivity index is 2.54. The summed E-state index contributed by atoms with van der Waals surface area (Å²) in [6.45, 7) is 1.67. The van der Waals surface area contributed by atoms with Crippen LogP contribution >= 0.6 is 0 Å². The average Bonchev–Trinajstić information content (AvgIpc) is 2.40. The normalized spacial score (nSPS) is 13.3. The maximum Gasteiger partial charge on any atom is 0.416 e. The van der Waals surface area contributed by atoms with Crippen molar-refractivity contribution in [3.05, 3.63) is 70.5 Å². The van der Waals surface area contributed by atoms with E-state index in [1.165, 1.54) is 24.3 Å². The van der Waals surface area contributed by atoms with Crippen molar-refractivity contribution in [2.24, 2.45) is 0 Å². The summed E-state index contributed by atoms with van der Waals surface area (Å²) in [7, 11) is 0. The third-order valence-electron chi connectivity index (χ3n) is 3.01. The second-order valence-electron chi connectivity index (χ2n) is 4.51. The van der Waals surface area contributed by atoms with Crippen LogP contribution in [0.1, 0.15) is 28.4 Å². The predicted molar refractivity (Wildman–Crippen MR) is 66.6 cm³/mol. The van der Waals surface area contributed by atoms with Gasteiger partial charge in [0.25, 0.3) is 0 Å². The fraction of sp³-hybridized carbons (Fsp3) is 0.200. The minimum absolute atomic E-state index is 0.165. The second kappa shape index (κ2) is 5.25. The number of hydrogen-bond donors (Lipinski definition) is 1. The Kier molecular flexibility index (Phi) is 3.81. The number of aliphatic hydroxyl groups is 1. The molecule has 0 radical (unpaired) electrons. The molecule has 0 aliphatic carbocycles. The summed E-state index contributed by atoms with van der Waals surface area (Å²) in [5, 5.41) is 10.1. The largest absolute Gasteiger partial charge is 0.416 e. The van der Waals surface area contributed by atoms with Crippen molar-refractivity contribution in [2.75, 3.05) is 0 Å². The summed E-state index contributed by atoms with van der Waals surface area (Å²) in [4.78, 5) is 0. The average molecular weight is 284 g/mol. The zero-order chi connectivity index (χ0) is 14.9. The molecule has 1 N–H and O–H groups in total. The van der Waals surface area contributed by atoms with Crippen LogP contribution in [-0.2, 0) is 6.18 Å². The number of benzene rings is 2.